The van der Waals surface area contributed by atoms with Crippen molar-refractivity contribution in [2.24, 2.45) is 16.0 Å². The van der Waals surface area contributed by atoms with E-state index in [9.17, 15) is 14.0 Å². The molecule has 0 spiro atoms. The second kappa shape index (κ2) is 6.64. The number of aliphatic imine (C=N–C) groups is 1. The predicted molar refractivity (Wildman–Crippen MR) is 92.0 cm³/mol. The van der Waals surface area contributed by atoms with Crippen molar-refractivity contribution in [2.45, 2.75) is 6.92 Å². The van der Waals surface area contributed by atoms with E-state index in [-0.39, 0.29) is 11.6 Å². The monoisotopic (exact) mass is 339 g/mol. The van der Waals surface area contributed by atoms with E-state index in [2.05, 4.69) is 10.1 Å². The van der Waals surface area contributed by atoms with E-state index in [0.29, 0.717) is 11.4 Å². The quantitative estimate of drug-likeness (QED) is 0.868. The van der Waals surface area contributed by atoms with Crippen LogP contribution in [-0.2, 0) is 4.79 Å². The third-order valence-electron chi connectivity index (χ3n) is 3.75. The van der Waals surface area contributed by atoms with Crippen LogP contribution in [0.25, 0.3) is 0 Å². The summed E-state index contributed by atoms with van der Waals surface area (Å²) in [4.78, 5) is 27.8. The molecule has 0 fully saturated rings. The number of hydrazone groups is 1. The molecule has 0 aromatic heterocycles. The van der Waals surface area contributed by atoms with Gasteiger partial charge in [0, 0.05) is 6.21 Å². The van der Waals surface area contributed by atoms with E-state index in [4.69, 9.17) is 5.11 Å². The van der Waals surface area contributed by atoms with E-state index >= 15 is 0 Å². The maximum absolute atomic E-state index is 13.7. The van der Waals surface area contributed by atoms with Crippen LogP contribution in [0.4, 0.5) is 15.8 Å². The summed E-state index contributed by atoms with van der Waals surface area (Å²) in [6, 6.07) is 12.7. The van der Waals surface area contributed by atoms with Crippen molar-refractivity contribution in [3.8, 4) is 0 Å². The number of benzene rings is 2. The fraction of sp³-hybridized carbons (Fsp3) is 0.111. The van der Waals surface area contributed by atoms with E-state index in [1.807, 2.05) is 6.07 Å². The zero-order valence-electron chi connectivity index (χ0n) is 13.3. The smallest absolute Gasteiger partial charge is 0.340 e. The second-order valence-electron chi connectivity index (χ2n) is 5.42. The summed E-state index contributed by atoms with van der Waals surface area (Å²) in [5, 5.41) is 14.6. The number of anilines is 1. The van der Waals surface area contributed by atoms with Gasteiger partial charge in [0.25, 0.3) is 5.91 Å². The molecule has 25 heavy (non-hydrogen) atoms. The summed E-state index contributed by atoms with van der Waals surface area (Å²) in [6.07, 6.45) is 1.30. The van der Waals surface area contributed by atoms with Crippen LogP contribution in [0.2, 0.25) is 0 Å². The van der Waals surface area contributed by atoms with Gasteiger partial charge in [-0.15, -0.1) is 0 Å². The number of hydrogen-bond donors (Lipinski definition) is 1. The second-order valence-corrected chi connectivity index (χ2v) is 5.42. The van der Waals surface area contributed by atoms with Crippen LogP contribution in [0.15, 0.2) is 58.6 Å². The number of hydrogen-bond acceptors (Lipinski definition) is 4. The molecular formula is C18H14FN3O3. The predicted octanol–water partition coefficient (Wildman–Crippen LogP) is 3.27. The number of para-hydroxylation sites is 1. The minimum atomic E-state index is -1.42. The number of carbonyl (C=O) groups excluding carboxylic acids is 1. The molecule has 2 aromatic rings. The Morgan fingerprint density at radius 2 is 1.96 bits per heavy atom. The Balaban J connectivity index is 1.89. The number of amides is 1. The molecule has 1 unspecified atom stereocenters. The minimum Gasteiger partial charge on any atom is -0.478 e. The summed E-state index contributed by atoms with van der Waals surface area (Å²) in [6.45, 7) is 1.68. The van der Waals surface area contributed by atoms with Crippen molar-refractivity contribution in [1.29, 1.82) is 0 Å². The molecule has 0 bridgehead atoms. The highest BCUT2D eigenvalue weighted by molar-refractivity contribution is 6.23. The number of halogens is 1. The van der Waals surface area contributed by atoms with Crippen molar-refractivity contribution in [3.05, 3.63) is 59.9 Å². The van der Waals surface area contributed by atoms with Gasteiger partial charge in [-0.25, -0.2) is 9.18 Å². The highest BCUT2D eigenvalue weighted by Crippen LogP contribution is 2.25. The zero-order valence-corrected chi connectivity index (χ0v) is 13.3. The van der Waals surface area contributed by atoms with Crippen molar-refractivity contribution in [1.82, 2.24) is 0 Å². The van der Waals surface area contributed by atoms with Crippen molar-refractivity contribution < 1.29 is 19.1 Å². The van der Waals surface area contributed by atoms with Crippen LogP contribution < -0.4 is 5.01 Å². The number of rotatable bonds is 4. The van der Waals surface area contributed by atoms with E-state index in [0.717, 1.165) is 6.07 Å². The molecule has 1 atom stereocenters. The largest absolute Gasteiger partial charge is 0.478 e. The normalized spacial score (nSPS) is 17.2. The minimum absolute atomic E-state index is 0.0498. The Morgan fingerprint density at radius 1 is 1.24 bits per heavy atom. The topological polar surface area (TPSA) is 82.3 Å². The maximum Gasteiger partial charge on any atom is 0.340 e. The van der Waals surface area contributed by atoms with E-state index in [1.165, 1.54) is 23.4 Å². The molecule has 1 N–H and O–H groups in total. The Bertz CT molecular complexity index is 894. The fourth-order valence-corrected chi connectivity index (χ4v) is 2.49. The van der Waals surface area contributed by atoms with Gasteiger partial charge in [-0.05, 0) is 31.2 Å². The summed E-state index contributed by atoms with van der Waals surface area (Å²) < 4.78 is 13.7. The van der Waals surface area contributed by atoms with Crippen LogP contribution in [0.3, 0.4) is 0 Å². The highest BCUT2D eigenvalue weighted by Gasteiger charge is 2.33. The molecule has 1 heterocycles. The number of carboxylic acids is 1. The molecule has 6 nitrogen and oxygen atoms in total. The van der Waals surface area contributed by atoms with Gasteiger partial charge in [-0.2, -0.15) is 10.1 Å². The van der Waals surface area contributed by atoms with Gasteiger partial charge in [-0.1, -0.05) is 24.3 Å². The van der Waals surface area contributed by atoms with Gasteiger partial charge in [0.1, 0.15) is 17.3 Å². The average Bonchev–Trinajstić information content (AvgIpc) is 2.87. The molecule has 126 valence electrons. The van der Waals surface area contributed by atoms with Gasteiger partial charge in [0.05, 0.1) is 17.1 Å². The Labute approximate surface area is 142 Å². The van der Waals surface area contributed by atoms with Crippen LogP contribution in [0, 0.1) is 11.7 Å². The van der Waals surface area contributed by atoms with Gasteiger partial charge < -0.3 is 5.11 Å². The number of carbonyl (C=O) groups is 2. The van der Waals surface area contributed by atoms with E-state index in [1.54, 1.807) is 31.2 Å². The summed E-state index contributed by atoms with van der Waals surface area (Å²) >= 11 is 0. The molecule has 7 heteroatoms. The van der Waals surface area contributed by atoms with Crippen molar-refractivity contribution in [3.63, 3.8) is 0 Å². The third kappa shape index (κ3) is 3.16. The lowest BCUT2D eigenvalue weighted by Crippen LogP contribution is -2.27. The van der Waals surface area contributed by atoms with E-state index < -0.39 is 23.3 Å². The summed E-state index contributed by atoms with van der Waals surface area (Å²) in [5.74, 6) is -3.33. The van der Waals surface area contributed by atoms with Crippen molar-refractivity contribution in [2.75, 3.05) is 5.01 Å². The third-order valence-corrected chi connectivity index (χ3v) is 3.75. The first kappa shape index (κ1) is 16.5. The maximum atomic E-state index is 13.7. The Hall–Kier alpha value is -3.35. The zero-order chi connectivity index (χ0) is 18.0. The van der Waals surface area contributed by atoms with Gasteiger partial charge in [0.15, 0.2) is 0 Å². The van der Waals surface area contributed by atoms with Crippen LogP contribution in [0.5, 0.6) is 0 Å². The van der Waals surface area contributed by atoms with Crippen molar-refractivity contribution >= 4 is 35.2 Å². The highest BCUT2D eigenvalue weighted by atomic mass is 19.1. The lowest BCUT2D eigenvalue weighted by atomic mass is 10.1. The van der Waals surface area contributed by atoms with Gasteiger partial charge >= 0.3 is 5.97 Å². The first-order valence-electron chi connectivity index (χ1n) is 7.49. The van der Waals surface area contributed by atoms with Crippen LogP contribution in [0.1, 0.15) is 17.3 Å². The molecule has 0 radical (unpaired) electrons. The number of aromatic carboxylic acids is 1. The van der Waals surface area contributed by atoms with Crippen LogP contribution >= 0.6 is 0 Å². The molecule has 2 aromatic carbocycles. The van der Waals surface area contributed by atoms with Gasteiger partial charge in [-0.3, -0.25) is 9.79 Å². The lowest BCUT2D eigenvalue weighted by molar-refractivity contribution is -0.118. The van der Waals surface area contributed by atoms with Gasteiger partial charge in [0.2, 0.25) is 0 Å². The summed E-state index contributed by atoms with van der Waals surface area (Å²) in [5.41, 5.74) is 0.565. The summed E-state index contributed by atoms with van der Waals surface area (Å²) in [7, 11) is 0. The lowest BCUT2D eigenvalue weighted by Gasteiger charge is -2.12. The molecule has 0 saturated carbocycles. The Morgan fingerprint density at radius 3 is 2.64 bits per heavy atom. The first-order valence-corrected chi connectivity index (χ1v) is 7.49. The fourth-order valence-electron chi connectivity index (χ4n) is 2.49. The number of carboxylic acid groups (broad SMARTS) is 1. The molecular weight excluding hydrogens is 325 g/mol. The average molecular weight is 339 g/mol. The Kier molecular flexibility index (Phi) is 4.38. The molecule has 3 rings (SSSR count). The standard InChI is InChI=1S/C18H14FN3O3/c1-11-13(17(23)22(21-11)12-6-3-2-4-7-12)10-20-15-9-5-8-14(19)16(15)18(24)25/h2-10,13H,1H3,(H,24,25)/b20-10+. The molecule has 0 saturated heterocycles. The SMILES string of the molecule is CC1=NN(c2ccccc2)C(=O)C1/C=N/c1cccc(F)c1C(=O)O. The molecule has 0 aliphatic carbocycles. The molecule has 1 aliphatic rings. The van der Waals surface area contributed by atoms with Crippen LogP contribution in [-0.4, -0.2) is 28.9 Å². The molecule has 1 aliphatic heterocycles. The molecule has 1 amide bonds. The first-order chi connectivity index (χ1) is 12.0. The number of nitrogens with zero attached hydrogens (tertiary/aromatic N) is 3.